The summed E-state index contributed by atoms with van der Waals surface area (Å²) in [6.45, 7) is 0. The first kappa shape index (κ1) is 14.2. The third-order valence-corrected chi connectivity index (χ3v) is 5.01. The van der Waals surface area contributed by atoms with Gasteiger partial charge in [-0.25, -0.2) is 9.97 Å². The van der Waals surface area contributed by atoms with Gasteiger partial charge in [0.2, 0.25) is 5.16 Å². The Bertz CT molecular complexity index is 1010. The summed E-state index contributed by atoms with van der Waals surface area (Å²) in [4.78, 5) is 25.2. The van der Waals surface area contributed by atoms with Crippen LogP contribution in [-0.2, 0) is 6.42 Å². The van der Waals surface area contributed by atoms with Gasteiger partial charge in [-0.05, 0) is 35.3 Å². The van der Waals surface area contributed by atoms with Crippen LogP contribution in [0, 0.1) is 0 Å². The second-order valence-corrected chi connectivity index (χ2v) is 6.86. The molecule has 0 aliphatic rings. The largest absolute Gasteiger partial charge is 0.307 e. The van der Waals surface area contributed by atoms with E-state index < -0.39 is 0 Å². The molecule has 6 nitrogen and oxygen atoms in total. The van der Waals surface area contributed by atoms with E-state index in [1.165, 1.54) is 16.6 Å². The standard InChI is InChI=1S/C15H11N5OS2/c21-13-8-11(10-4-1-5-16-14(10)18-13)23-15-17-12(19-20-15)7-9-3-2-6-22-9/h1-6,8H,7H2,(H,16,18,21)(H,17,19,20). The summed E-state index contributed by atoms with van der Waals surface area (Å²) in [5.41, 5.74) is 0.380. The molecule has 0 aromatic carbocycles. The molecule has 0 fully saturated rings. The van der Waals surface area contributed by atoms with Gasteiger partial charge in [-0.15, -0.1) is 16.4 Å². The number of nitrogens with one attached hydrogen (secondary N) is 2. The van der Waals surface area contributed by atoms with Crippen LogP contribution in [0.4, 0.5) is 0 Å². The molecule has 0 atom stereocenters. The van der Waals surface area contributed by atoms with Crippen molar-refractivity contribution in [3.63, 3.8) is 0 Å². The molecule has 0 bridgehead atoms. The van der Waals surface area contributed by atoms with Crippen molar-refractivity contribution in [2.24, 2.45) is 0 Å². The molecule has 23 heavy (non-hydrogen) atoms. The summed E-state index contributed by atoms with van der Waals surface area (Å²) in [6.07, 6.45) is 2.38. The number of aromatic amines is 2. The van der Waals surface area contributed by atoms with E-state index in [2.05, 4.69) is 31.2 Å². The Hall–Kier alpha value is -2.45. The van der Waals surface area contributed by atoms with Crippen LogP contribution in [-0.4, -0.2) is 25.1 Å². The van der Waals surface area contributed by atoms with Gasteiger partial charge >= 0.3 is 0 Å². The van der Waals surface area contributed by atoms with Crippen LogP contribution in [0.25, 0.3) is 11.0 Å². The minimum Gasteiger partial charge on any atom is -0.307 e. The summed E-state index contributed by atoms with van der Waals surface area (Å²) in [7, 11) is 0. The van der Waals surface area contributed by atoms with E-state index in [4.69, 9.17) is 0 Å². The highest BCUT2D eigenvalue weighted by atomic mass is 32.2. The Balaban J connectivity index is 1.64. The third-order valence-electron chi connectivity index (χ3n) is 3.21. The zero-order valence-electron chi connectivity index (χ0n) is 11.8. The Morgan fingerprint density at radius 3 is 3.09 bits per heavy atom. The van der Waals surface area contributed by atoms with Gasteiger partial charge in [0.1, 0.15) is 11.5 Å². The van der Waals surface area contributed by atoms with Crippen molar-refractivity contribution in [1.29, 1.82) is 0 Å². The van der Waals surface area contributed by atoms with Crippen molar-refractivity contribution in [2.45, 2.75) is 16.5 Å². The summed E-state index contributed by atoms with van der Waals surface area (Å²) >= 11 is 3.04. The molecule has 4 aromatic heterocycles. The summed E-state index contributed by atoms with van der Waals surface area (Å²) in [5, 5.41) is 10.7. The maximum Gasteiger partial charge on any atom is 0.250 e. The number of aromatic nitrogens is 5. The van der Waals surface area contributed by atoms with Gasteiger partial charge in [0.05, 0.1) is 0 Å². The molecule has 0 unspecified atom stereocenters. The van der Waals surface area contributed by atoms with Crippen molar-refractivity contribution >= 4 is 34.1 Å². The van der Waals surface area contributed by atoms with E-state index >= 15 is 0 Å². The molecule has 4 aromatic rings. The van der Waals surface area contributed by atoms with E-state index in [9.17, 15) is 4.79 Å². The molecule has 0 spiro atoms. The highest BCUT2D eigenvalue weighted by Gasteiger charge is 2.10. The first-order valence-corrected chi connectivity index (χ1v) is 8.57. The first-order chi connectivity index (χ1) is 11.3. The third kappa shape index (κ3) is 3.03. The van der Waals surface area contributed by atoms with Crippen LogP contribution in [0.5, 0.6) is 0 Å². The molecule has 4 rings (SSSR count). The normalized spacial score (nSPS) is 11.1. The van der Waals surface area contributed by atoms with Gasteiger partial charge in [0.25, 0.3) is 5.56 Å². The fourth-order valence-corrected chi connectivity index (χ4v) is 3.81. The fraction of sp³-hybridized carbons (Fsp3) is 0.0667. The van der Waals surface area contributed by atoms with Crippen molar-refractivity contribution in [2.75, 3.05) is 0 Å². The predicted molar refractivity (Wildman–Crippen MR) is 90.0 cm³/mol. The highest BCUT2D eigenvalue weighted by molar-refractivity contribution is 7.99. The van der Waals surface area contributed by atoms with Gasteiger partial charge < -0.3 is 4.98 Å². The van der Waals surface area contributed by atoms with E-state index in [0.29, 0.717) is 10.8 Å². The summed E-state index contributed by atoms with van der Waals surface area (Å²) in [5.74, 6) is 0.808. The molecule has 0 aliphatic heterocycles. The monoisotopic (exact) mass is 341 g/mol. The van der Waals surface area contributed by atoms with Gasteiger partial charge in [-0.1, -0.05) is 6.07 Å². The van der Waals surface area contributed by atoms with Crippen LogP contribution in [0.1, 0.15) is 10.7 Å². The van der Waals surface area contributed by atoms with Crippen LogP contribution in [0.15, 0.2) is 56.8 Å². The van der Waals surface area contributed by atoms with Crippen LogP contribution >= 0.6 is 23.1 Å². The molecule has 114 valence electrons. The zero-order chi connectivity index (χ0) is 15.6. The Labute approximate surface area is 139 Å². The number of pyridine rings is 2. The topological polar surface area (TPSA) is 87.3 Å². The van der Waals surface area contributed by atoms with E-state index in [1.807, 2.05) is 23.6 Å². The number of H-pyrrole nitrogens is 2. The van der Waals surface area contributed by atoms with Crippen molar-refractivity contribution in [3.8, 4) is 0 Å². The fourth-order valence-electron chi connectivity index (χ4n) is 2.22. The molecule has 0 amide bonds. The Morgan fingerprint density at radius 2 is 2.22 bits per heavy atom. The van der Waals surface area contributed by atoms with Gasteiger partial charge in [0, 0.05) is 33.8 Å². The van der Waals surface area contributed by atoms with Gasteiger partial charge in [-0.3, -0.25) is 9.89 Å². The second-order valence-electron chi connectivity index (χ2n) is 4.82. The lowest BCUT2D eigenvalue weighted by atomic mass is 10.3. The average Bonchev–Trinajstić information content (AvgIpc) is 3.20. The lowest BCUT2D eigenvalue weighted by Crippen LogP contribution is -2.05. The molecular weight excluding hydrogens is 330 g/mol. The SMILES string of the molecule is O=c1cc(Sc2n[nH]c(Cc3cccs3)n2)c2cccnc2[nH]1. The number of hydrogen-bond donors (Lipinski definition) is 2. The molecule has 2 N–H and O–H groups in total. The molecular formula is C15H11N5OS2. The number of rotatable bonds is 4. The van der Waals surface area contributed by atoms with E-state index in [1.54, 1.807) is 23.6 Å². The molecule has 0 saturated carbocycles. The first-order valence-electron chi connectivity index (χ1n) is 6.87. The van der Waals surface area contributed by atoms with Gasteiger partial charge in [0.15, 0.2) is 0 Å². The second kappa shape index (κ2) is 5.98. The quantitative estimate of drug-likeness (QED) is 0.596. The number of hydrogen-bond acceptors (Lipinski definition) is 6. The molecule has 4 heterocycles. The minimum absolute atomic E-state index is 0.187. The lowest BCUT2D eigenvalue weighted by molar-refractivity contribution is 0.960. The number of thiophene rings is 1. The predicted octanol–water partition coefficient (Wildman–Crippen LogP) is 2.84. The molecule has 0 radical (unpaired) electrons. The van der Waals surface area contributed by atoms with Crippen LogP contribution in [0.3, 0.4) is 0 Å². The van der Waals surface area contributed by atoms with Crippen molar-refractivity contribution < 1.29 is 0 Å². The molecule has 0 aliphatic carbocycles. The lowest BCUT2D eigenvalue weighted by Gasteiger charge is -2.02. The smallest absolute Gasteiger partial charge is 0.250 e. The van der Waals surface area contributed by atoms with E-state index in [-0.39, 0.29) is 5.56 Å². The minimum atomic E-state index is -0.187. The van der Waals surface area contributed by atoms with E-state index in [0.717, 1.165) is 22.5 Å². The molecule has 0 saturated heterocycles. The zero-order valence-corrected chi connectivity index (χ0v) is 13.4. The average molecular weight is 341 g/mol. The summed E-state index contributed by atoms with van der Waals surface area (Å²) in [6, 6.07) is 9.38. The van der Waals surface area contributed by atoms with Crippen LogP contribution in [0.2, 0.25) is 0 Å². The summed E-state index contributed by atoms with van der Waals surface area (Å²) < 4.78 is 0. The Kier molecular flexibility index (Phi) is 3.68. The van der Waals surface area contributed by atoms with Crippen LogP contribution < -0.4 is 5.56 Å². The van der Waals surface area contributed by atoms with Crippen molar-refractivity contribution in [1.82, 2.24) is 25.1 Å². The van der Waals surface area contributed by atoms with Crippen molar-refractivity contribution in [3.05, 3.63) is 63.0 Å². The maximum absolute atomic E-state index is 11.8. The number of fused-ring (bicyclic) bond motifs is 1. The number of nitrogens with zero attached hydrogens (tertiary/aromatic N) is 3. The molecule has 8 heteroatoms. The maximum atomic E-state index is 11.8. The highest BCUT2D eigenvalue weighted by Crippen LogP contribution is 2.29. The Morgan fingerprint density at radius 1 is 1.26 bits per heavy atom. The van der Waals surface area contributed by atoms with Gasteiger partial charge in [-0.2, -0.15) is 0 Å².